The van der Waals surface area contributed by atoms with E-state index in [1.807, 2.05) is 19.1 Å². The molecule has 8 nitrogen and oxygen atoms in total. The quantitative estimate of drug-likeness (QED) is 0.346. The lowest BCUT2D eigenvalue weighted by atomic mass is 10.1. The predicted molar refractivity (Wildman–Crippen MR) is 120 cm³/mol. The third kappa shape index (κ3) is 3.88. The van der Waals surface area contributed by atoms with E-state index in [0.29, 0.717) is 29.2 Å². The fourth-order valence-electron chi connectivity index (χ4n) is 3.58. The number of benzene rings is 1. The lowest BCUT2D eigenvalue weighted by Gasteiger charge is -2.18. The van der Waals surface area contributed by atoms with Crippen molar-refractivity contribution < 1.29 is 19.5 Å². The number of carbonyl (C=O) groups excluding carboxylic acids is 1. The molecule has 3 heterocycles. The highest BCUT2D eigenvalue weighted by Gasteiger charge is 2.21. The molecule has 0 radical (unpaired) electrons. The Morgan fingerprint density at radius 2 is 2.22 bits per heavy atom. The van der Waals surface area contributed by atoms with Gasteiger partial charge in [0.2, 0.25) is 11.9 Å². The van der Waals surface area contributed by atoms with Gasteiger partial charge in [0.25, 0.3) is 5.91 Å². The van der Waals surface area contributed by atoms with Gasteiger partial charge in [0.15, 0.2) is 0 Å². The van der Waals surface area contributed by atoms with Crippen molar-refractivity contribution in [2.75, 3.05) is 13.7 Å². The number of nitriles is 1. The maximum Gasteiger partial charge on any atom is 0.254 e. The number of nitrogens with one attached hydrogen (secondary N) is 1. The van der Waals surface area contributed by atoms with Crippen LogP contribution in [-0.4, -0.2) is 39.9 Å². The standard InChI is InChI=1S/C23H21N5O3S/c1-4-31-20-8-16(5-6-18(20)21-7-15(9-24)13-32-21)23(29)27(3)11-17-12-28(30)14(2)19-10-25-26-22(17)19/h5-8,10,12-13,30H,4,11H2,1-3H3/p+1. The number of ether oxygens (including phenoxy) is 1. The average molecular weight is 449 g/mol. The van der Waals surface area contributed by atoms with E-state index in [1.54, 1.807) is 48.8 Å². The van der Waals surface area contributed by atoms with Crippen LogP contribution >= 0.6 is 11.3 Å². The number of pyridine rings is 1. The topological polar surface area (TPSA) is 106 Å². The van der Waals surface area contributed by atoms with Crippen LogP contribution in [0.2, 0.25) is 0 Å². The van der Waals surface area contributed by atoms with Gasteiger partial charge in [-0.05, 0) is 31.2 Å². The molecular formula is C23H22N5O3S+. The first-order valence-electron chi connectivity index (χ1n) is 10.0. The van der Waals surface area contributed by atoms with Crippen LogP contribution in [0.5, 0.6) is 5.75 Å². The van der Waals surface area contributed by atoms with Gasteiger partial charge >= 0.3 is 0 Å². The summed E-state index contributed by atoms with van der Waals surface area (Å²) in [6.07, 6.45) is 3.23. The largest absolute Gasteiger partial charge is 0.493 e. The third-order valence-electron chi connectivity index (χ3n) is 5.25. The van der Waals surface area contributed by atoms with Crippen LogP contribution in [0.3, 0.4) is 0 Å². The maximum absolute atomic E-state index is 13.2. The summed E-state index contributed by atoms with van der Waals surface area (Å²) >= 11 is 1.46. The number of nitrogens with zero attached hydrogens (tertiary/aromatic N) is 4. The first kappa shape index (κ1) is 21.3. The molecule has 0 unspecified atom stereocenters. The summed E-state index contributed by atoms with van der Waals surface area (Å²) in [5, 5.41) is 28.9. The van der Waals surface area contributed by atoms with Crippen molar-refractivity contribution in [3.05, 3.63) is 64.4 Å². The molecule has 0 bridgehead atoms. The minimum atomic E-state index is -0.181. The van der Waals surface area contributed by atoms with E-state index in [1.165, 1.54) is 11.3 Å². The molecule has 2 N–H and O–H groups in total. The van der Waals surface area contributed by atoms with Crippen molar-refractivity contribution >= 4 is 28.1 Å². The molecule has 4 aromatic rings. The SMILES string of the molecule is CCOc1cc(C(=O)N(C)Cc2c[n+](O)c(C)c3cn[nH]c23)ccc1-c1cc(C#N)cs1. The molecule has 1 aromatic carbocycles. The summed E-state index contributed by atoms with van der Waals surface area (Å²) in [6, 6.07) is 9.29. The van der Waals surface area contributed by atoms with E-state index < -0.39 is 0 Å². The molecule has 0 aliphatic carbocycles. The number of aromatic nitrogens is 3. The average Bonchev–Trinajstić information content (AvgIpc) is 3.47. The molecule has 9 heteroatoms. The Kier molecular flexibility index (Phi) is 5.79. The zero-order valence-electron chi connectivity index (χ0n) is 17.9. The molecule has 0 aliphatic rings. The second kappa shape index (κ2) is 8.69. The summed E-state index contributed by atoms with van der Waals surface area (Å²) in [6.45, 7) is 4.41. The highest BCUT2D eigenvalue weighted by atomic mass is 32.1. The molecule has 32 heavy (non-hydrogen) atoms. The van der Waals surface area contributed by atoms with Gasteiger partial charge in [0, 0.05) is 40.1 Å². The van der Waals surface area contributed by atoms with Gasteiger partial charge in [-0.15, -0.1) is 11.3 Å². The Labute approximate surface area is 188 Å². The number of amides is 1. The van der Waals surface area contributed by atoms with Crippen molar-refractivity contribution in [1.82, 2.24) is 15.1 Å². The molecule has 162 valence electrons. The van der Waals surface area contributed by atoms with E-state index in [-0.39, 0.29) is 12.5 Å². The lowest BCUT2D eigenvalue weighted by Crippen LogP contribution is -2.35. The Hall–Kier alpha value is -3.90. The summed E-state index contributed by atoms with van der Waals surface area (Å²) < 4.78 is 6.85. The van der Waals surface area contributed by atoms with Gasteiger partial charge in [-0.3, -0.25) is 15.1 Å². The van der Waals surface area contributed by atoms with Gasteiger partial charge < -0.3 is 9.64 Å². The van der Waals surface area contributed by atoms with Gasteiger partial charge in [0.1, 0.15) is 11.8 Å². The summed E-state index contributed by atoms with van der Waals surface area (Å²) in [7, 11) is 1.71. The number of aromatic amines is 1. The Balaban J connectivity index is 1.63. The van der Waals surface area contributed by atoms with Gasteiger partial charge in [-0.1, -0.05) is 0 Å². The smallest absolute Gasteiger partial charge is 0.254 e. The van der Waals surface area contributed by atoms with Gasteiger partial charge in [0.05, 0.1) is 41.4 Å². The van der Waals surface area contributed by atoms with Crippen LogP contribution in [0.15, 0.2) is 42.0 Å². The summed E-state index contributed by atoms with van der Waals surface area (Å²) in [5.74, 6) is 0.414. The van der Waals surface area contributed by atoms with Crippen LogP contribution < -0.4 is 9.47 Å². The minimum Gasteiger partial charge on any atom is -0.493 e. The number of hydrogen-bond donors (Lipinski definition) is 2. The minimum absolute atomic E-state index is 0.181. The van der Waals surface area contributed by atoms with Crippen molar-refractivity contribution in [2.45, 2.75) is 20.4 Å². The molecule has 0 saturated carbocycles. The Morgan fingerprint density at radius 1 is 1.41 bits per heavy atom. The number of aryl methyl sites for hydroxylation is 1. The van der Waals surface area contributed by atoms with E-state index in [2.05, 4.69) is 16.3 Å². The Bertz CT molecular complexity index is 1350. The van der Waals surface area contributed by atoms with Crippen LogP contribution in [0.4, 0.5) is 0 Å². The fraction of sp³-hybridized carbons (Fsp3) is 0.217. The molecule has 0 aliphatic heterocycles. The maximum atomic E-state index is 13.2. The normalized spacial score (nSPS) is 10.8. The number of rotatable bonds is 6. The molecule has 0 fully saturated rings. The van der Waals surface area contributed by atoms with Crippen molar-refractivity contribution in [3.8, 4) is 22.3 Å². The molecule has 1 amide bonds. The van der Waals surface area contributed by atoms with E-state index in [9.17, 15) is 10.0 Å². The molecule has 0 atom stereocenters. The molecular weight excluding hydrogens is 426 g/mol. The van der Waals surface area contributed by atoms with E-state index in [4.69, 9.17) is 10.00 Å². The van der Waals surface area contributed by atoms with Crippen LogP contribution in [0.1, 0.15) is 34.1 Å². The zero-order valence-corrected chi connectivity index (χ0v) is 18.7. The monoisotopic (exact) mass is 448 g/mol. The Morgan fingerprint density at radius 3 is 2.94 bits per heavy atom. The number of H-pyrrole nitrogens is 1. The summed E-state index contributed by atoms with van der Waals surface area (Å²) in [4.78, 5) is 15.7. The number of hydrogen-bond acceptors (Lipinski definition) is 6. The van der Waals surface area contributed by atoms with Crippen LogP contribution in [0.25, 0.3) is 21.3 Å². The molecule has 4 rings (SSSR count). The first-order chi connectivity index (χ1) is 15.4. The third-order valence-corrected chi connectivity index (χ3v) is 6.21. The second-order valence-electron chi connectivity index (χ2n) is 7.36. The molecule has 3 aromatic heterocycles. The number of thiophene rings is 1. The summed E-state index contributed by atoms with van der Waals surface area (Å²) in [5.41, 5.74) is 4.11. The van der Waals surface area contributed by atoms with E-state index >= 15 is 0 Å². The fourth-order valence-corrected chi connectivity index (χ4v) is 4.44. The van der Waals surface area contributed by atoms with Crippen LogP contribution in [-0.2, 0) is 6.54 Å². The first-order valence-corrected chi connectivity index (χ1v) is 10.9. The predicted octanol–water partition coefficient (Wildman–Crippen LogP) is 3.67. The van der Waals surface area contributed by atoms with Crippen molar-refractivity contribution in [2.24, 2.45) is 0 Å². The molecule has 0 saturated heterocycles. The highest BCUT2D eigenvalue weighted by molar-refractivity contribution is 7.13. The van der Waals surface area contributed by atoms with Crippen molar-refractivity contribution in [1.29, 1.82) is 5.26 Å². The van der Waals surface area contributed by atoms with Gasteiger partial charge in [-0.25, -0.2) is 0 Å². The highest BCUT2D eigenvalue weighted by Crippen LogP contribution is 2.35. The van der Waals surface area contributed by atoms with E-state index in [0.717, 1.165) is 31.6 Å². The molecule has 0 spiro atoms. The zero-order chi connectivity index (χ0) is 22.8. The lowest BCUT2D eigenvalue weighted by molar-refractivity contribution is -0.908. The second-order valence-corrected chi connectivity index (χ2v) is 8.27. The number of fused-ring (bicyclic) bond motifs is 1. The van der Waals surface area contributed by atoms with Crippen LogP contribution in [0, 0.1) is 18.3 Å². The number of carbonyl (C=O) groups is 1. The van der Waals surface area contributed by atoms with Gasteiger partial charge in [-0.2, -0.15) is 10.4 Å². The van der Waals surface area contributed by atoms with Crippen molar-refractivity contribution in [3.63, 3.8) is 0 Å².